The Hall–Kier alpha value is -0.770. The van der Waals surface area contributed by atoms with Crippen molar-refractivity contribution in [3.8, 4) is 0 Å². The molecule has 0 amide bonds. The minimum Gasteiger partial charge on any atom is -0.137 e. The van der Waals surface area contributed by atoms with Crippen LogP contribution in [0.1, 0.15) is 5.56 Å². The van der Waals surface area contributed by atoms with Crippen molar-refractivity contribution in [3.05, 3.63) is 63.7 Å². The molecular formula is C13H11IO2P+. The molecule has 17 heavy (non-hydrogen) atoms. The van der Waals surface area contributed by atoms with E-state index in [0.717, 1.165) is 14.4 Å². The molecule has 0 spiro atoms. The summed E-state index contributed by atoms with van der Waals surface area (Å²) in [5.74, 6) is 0. The van der Waals surface area contributed by atoms with E-state index in [2.05, 4.69) is 22.6 Å². The molecule has 0 aromatic heterocycles. The Balaban J connectivity index is 2.00. The first-order chi connectivity index (χ1) is 8.27. The molecule has 0 fully saturated rings. The first kappa shape index (κ1) is 12.7. The zero-order chi connectivity index (χ0) is 12.1. The van der Waals surface area contributed by atoms with Crippen LogP contribution in [0.5, 0.6) is 0 Å². The molecule has 86 valence electrons. The molecule has 4 heteroatoms. The number of benzene rings is 2. The molecular weight excluding hydrogens is 346 g/mol. The molecule has 2 nitrogen and oxygen atoms in total. The van der Waals surface area contributed by atoms with Gasteiger partial charge < -0.3 is 0 Å². The third-order valence-corrected chi connectivity index (χ3v) is 4.40. The van der Waals surface area contributed by atoms with Crippen molar-refractivity contribution in [1.29, 1.82) is 0 Å². The van der Waals surface area contributed by atoms with E-state index in [-0.39, 0.29) is 0 Å². The molecule has 0 aliphatic heterocycles. The van der Waals surface area contributed by atoms with Crippen molar-refractivity contribution < 1.29 is 9.09 Å². The molecule has 1 atom stereocenters. The Kier molecular flexibility index (Phi) is 4.66. The van der Waals surface area contributed by atoms with Crippen LogP contribution in [-0.2, 0) is 15.7 Å². The van der Waals surface area contributed by atoms with Gasteiger partial charge in [0.1, 0.15) is 6.61 Å². The van der Waals surface area contributed by atoms with Crippen LogP contribution in [-0.4, -0.2) is 0 Å². The highest BCUT2D eigenvalue weighted by atomic mass is 127. The van der Waals surface area contributed by atoms with Gasteiger partial charge in [0.05, 0.1) is 0 Å². The number of hydrogen-bond acceptors (Lipinski definition) is 2. The zero-order valence-electron chi connectivity index (χ0n) is 9.04. The van der Waals surface area contributed by atoms with Crippen molar-refractivity contribution in [3.63, 3.8) is 0 Å². The van der Waals surface area contributed by atoms with Gasteiger partial charge in [-0.05, 0) is 50.9 Å². The molecule has 0 aliphatic carbocycles. The molecule has 0 aliphatic rings. The lowest BCUT2D eigenvalue weighted by molar-refractivity contribution is 0.324. The van der Waals surface area contributed by atoms with Gasteiger partial charge in [0.2, 0.25) is 5.30 Å². The van der Waals surface area contributed by atoms with Crippen LogP contribution in [0, 0.1) is 3.57 Å². The van der Waals surface area contributed by atoms with Gasteiger partial charge in [-0.1, -0.05) is 36.4 Å². The first-order valence-corrected chi connectivity index (χ1v) is 7.41. The highest BCUT2D eigenvalue weighted by Gasteiger charge is 2.21. The van der Waals surface area contributed by atoms with Crippen molar-refractivity contribution in [2.75, 3.05) is 0 Å². The molecule has 0 saturated heterocycles. The number of rotatable bonds is 4. The molecule has 2 rings (SSSR count). The van der Waals surface area contributed by atoms with E-state index in [1.165, 1.54) is 0 Å². The largest absolute Gasteiger partial charge is 0.549 e. The Morgan fingerprint density at radius 2 is 1.65 bits per heavy atom. The summed E-state index contributed by atoms with van der Waals surface area (Å²) in [5, 5.41) is 0.730. The van der Waals surface area contributed by atoms with Crippen molar-refractivity contribution in [2.45, 2.75) is 6.61 Å². The van der Waals surface area contributed by atoms with Crippen molar-refractivity contribution in [1.82, 2.24) is 0 Å². The second kappa shape index (κ2) is 6.24. The third-order valence-electron chi connectivity index (χ3n) is 2.26. The van der Waals surface area contributed by atoms with Crippen molar-refractivity contribution >= 4 is 35.9 Å². The van der Waals surface area contributed by atoms with Crippen LogP contribution in [0.25, 0.3) is 0 Å². The summed E-state index contributed by atoms with van der Waals surface area (Å²) >= 11 is 2.25. The summed E-state index contributed by atoms with van der Waals surface area (Å²) in [4.78, 5) is 0. The minimum absolute atomic E-state index is 0.378. The molecule has 2 aromatic rings. The molecule has 0 saturated carbocycles. The van der Waals surface area contributed by atoms with Gasteiger partial charge in [0.15, 0.2) is 0 Å². The van der Waals surface area contributed by atoms with Crippen LogP contribution >= 0.6 is 30.6 Å². The summed E-state index contributed by atoms with van der Waals surface area (Å²) < 4.78 is 18.4. The first-order valence-electron chi connectivity index (χ1n) is 5.16. The minimum atomic E-state index is -1.77. The van der Waals surface area contributed by atoms with Gasteiger partial charge in [-0.15, -0.1) is 4.52 Å². The number of halogens is 1. The van der Waals surface area contributed by atoms with Gasteiger partial charge in [0.25, 0.3) is 0 Å². The van der Waals surface area contributed by atoms with Gasteiger partial charge in [0, 0.05) is 3.57 Å². The maximum absolute atomic E-state index is 11.9. The monoisotopic (exact) mass is 357 g/mol. The van der Waals surface area contributed by atoms with Crippen LogP contribution in [0.2, 0.25) is 0 Å². The molecule has 2 aromatic carbocycles. The van der Waals surface area contributed by atoms with E-state index < -0.39 is 8.03 Å². The maximum Gasteiger partial charge on any atom is 0.549 e. The lowest BCUT2D eigenvalue weighted by Gasteiger charge is -1.98. The van der Waals surface area contributed by atoms with E-state index in [4.69, 9.17) is 4.52 Å². The Morgan fingerprint density at radius 3 is 2.35 bits per heavy atom. The Bertz CT molecular complexity index is 514. The predicted octanol–water partition coefficient (Wildman–Crippen LogP) is 3.88. The molecule has 0 heterocycles. The summed E-state index contributed by atoms with van der Waals surface area (Å²) in [6, 6.07) is 17.2. The zero-order valence-corrected chi connectivity index (χ0v) is 12.1. The summed E-state index contributed by atoms with van der Waals surface area (Å²) in [6.45, 7) is 0.378. The summed E-state index contributed by atoms with van der Waals surface area (Å²) in [5.41, 5.74) is 1.06. The quantitative estimate of drug-likeness (QED) is 0.613. The fourth-order valence-corrected chi connectivity index (χ4v) is 2.73. The predicted molar refractivity (Wildman–Crippen MR) is 77.6 cm³/mol. The Morgan fingerprint density at radius 1 is 1.00 bits per heavy atom. The topological polar surface area (TPSA) is 26.3 Å². The van der Waals surface area contributed by atoms with Crippen molar-refractivity contribution in [2.24, 2.45) is 0 Å². The standard InChI is InChI=1S/C13H11IO2P/c14-13-9-5-4-6-11(13)10-16-17(15)12-7-2-1-3-8-12/h1-9H,10H2/q+1. The molecule has 1 unspecified atom stereocenters. The SMILES string of the molecule is O=[P+](OCc1ccccc1I)c1ccccc1. The van der Waals surface area contributed by atoms with Crippen LogP contribution in [0.15, 0.2) is 54.6 Å². The average Bonchev–Trinajstić information content (AvgIpc) is 2.38. The lowest BCUT2D eigenvalue weighted by atomic mass is 10.2. The molecule has 0 N–H and O–H groups in total. The third kappa shape index (κ3) is 3.60. The molecule has 0 bridgehead atoms. The van der Waals surface area contributed by atoms with E-state index >= 15 is 0 Å². The van der Waals surface area contributed by atoms with Crippen LogP contribution in [0.3, 0.4) is 0 Å². The smallest absolute Gasteiger partial charge is 0.137 e. The highest BCUT2D eigenvalue weighted by molar-refractivity contribution is 14.1. The van der Waals surface area contributed by atoms with E-state index in [9.17, 15) is 4.57 Å². The Labute approximate surface area is 115 Å². The number of hydrogen-bond donors (Lipinski definition) is 0. The highest BCUT2D eigenvalue weighted by Crippen LogP contribution is 2.24. The van der Waals surface area contributed by atoms with Gasteiger partial charge >= 0.3 is 8.03 Å². The fraction of sp³-hybridized carbons (Fsp3) is 0.0769. The van der Waals surface area contributed by atoms with E-state index in [1.807, 2.05) is 54.6 Å². The van der Waals surface area contributed by atoms with Gasteiger partial charge in [-0.3, -0.25) is 0 Å². The second-order valence-corrected chi connectivity index (χ2v) is 5.91. The second-order valence-electron chi connectivity index (χ2n) is 3.46. The van der Waals surface area contributed by atoms with E-state index in [1.54, 1.807) is 0 Å². The normalized spacial score (nSPS) is 11.2. The summed E-state index contributed by atoms with van der Waals surface area (Å²) in [6.07, 6.45) is 0. The van der Waals surface area contributed by atoms with Gasteiger partial charge in [-0.2, -0.15) is 0 Å². The maximum atomic E-state index is 11.9. The average molecular weight is 357 g/mol. The van der Waals surface area contributed by atoms with Crippen LogP contribution < -0.4 is 5.30 Å². The summed E-state index contributed by atoms with van der Waals surface area (Å²) in [7, 11) is -1.77. The van der Waals surface area contributed by atoms with Crippen LogP contribution in [0.4, 0.5) is 0 Å². The van der Waals surface area contributed by atoms with E-state index in [0.29, 0.717) is 6.61 Å². The molecule has 0 radical (unpaired) electrons. The fourth-order valence-electron chi connectivity index (χ4n) is 1.37. The lowest BCUT2D eigenvalue weighted by Crippen LogP contribution is -1.98. The van der Waals surface area contributed by atoms with Gasteiger partial charge in [-0.25, -0.2) is 0 Å².